The van der Waals surface area contributed by atoms with E-state index in [1.54, 1.807) is 36.4 Å². The van der Waals surface area contributed by atoms with Crippen LogP contribution >= 0.6 is 23.2 Å². The molecule has 0 saturated heterocycles. The van der Waals surface area contributed by atoms with Crippen molar-refractivity contribution in [3.63, 3.8) is 0 Å². The first-order valence-corrected chi connectivity index (χ1v) is 10.9. The van der Waals surface area contributed by atoms with Crippen molar-refractivity contribution >= 4 is 44.8 Å². The van der Waals surface area contributed by atoms with Gasteiger partial charge >= 0.3 is 0 Å². The maximum atomic E-state index is 13.5. The highest BCUT2D eigenvalue weighted by Gasteiger charge is 2.42. The molecule has 3 aromatic rings. The maximum Gasteiger partial charge on any atom is 0.271 e. The van der Waals surface area contributed by atoms with Crippen molar-refractivity contribution in [2.45, 2.75) is 18.0 Å². The molecule has 0 fully saturated rings. The minimum Gasteiger partial charge on any atom is -0.359 e. The van der Waals surface area contributed by atoms with Gasteiger partial charge in [0.2, 0.25) is 0 Å². The Morgan fingerprint density at radius 1 is 0.966 bits per heavy atom. The summed E-state index contributed by atoms with van der Waals surface area (Å²) in [6.45, 7) is 1.86. The fourth-order valence-corrected chi connectivity index (χ4v) is 5.27. The average molecular weight is 447 g/mol. The summed E-state index contributed by atoms with van der Waals surface area (Å²) >= 11 is 12.4. The minimum absolute atomic E-state index is 0.0238. The summed E-state index contributed by atoms with van der Waals surface area (Å²) in [7, 11) is -4.16. The Bertz CT molecular complexity index is 1200. The first-order chi connectivity index (χ1) is 13.8. The van der Waals surface area contributed by atoms with Gasteiger partial charge in [0.25, 0.3) is 15.9 Å². The van der Waals surface area contributed by atoms with Crippen molar-refractivity contribution in [3.05, 3.63) is 93.5 Å². The Morgan fingerprint density at radius 2 is 1.62 bits per heavy atom. The molecule has 1 N–H and O–H groups in total. The van der Waals surface area contributed by atoms with E-state index in [4.69, 9.17) is 23.2 Å². The molecule has 0 aromatic heterocycles. The third-order valence-electron chi connectivity index (χ3n) is 4.69. The molecule has 1 unspecified atom stereocenters. The molecule has 0 bridgehead atoms. The third-order valence-corrected chi connectivity index (χ3v) is 6.97. The molecule has 1 atom stereocenters. The molecule has 1 amide bonds. The standard InChI is InChI=1S/C21H16Cl2N2O3S/c1-13-7-9-16(10-8-13)29(27,28)25-20(14-5-3-2-4-6-14)24-19-17(21(25)26)11-15(22)12-18(19)23/h2-12,20,24H,1H3. The van der Waals surface area contributed by atoms with E-state index in [1.165, 1.54) is 24.3 Å². The lowest BCUT2D eigenvalue weighted by molar-refractivity contribution is 0.0821. The Morgan fingerprint density at radius 3 is 2.28 bits per heavy atom. The van der Waals surface area contributed by atoms with E-state index in [-0.39, 0.29) is 20.5 Å². The average Bonchev–Trinajstić information content (AvgIpc) is 2.69. The SMILES string of the molecule is Cc1ccc(S(=O)(=O)N2C(=O)c3cc(Cl)cc(Cl)c3NC2c2ccccc2)cc1. The largest absolute Gasteiger partial charge is 0.359 e. The summed E-state index contributed by atoms with van der Waals surface area (Å²) in [4.78, 5) is 13.4. The summed E-state index contributed by atoms with van der Waals surface area (Å²) in [6, 6.07) is 18.1. The molecule has 0 aliphatic carbocycles. The van der Waals surface area contributed by atoms with E-state index >= 15 is 0 Å². The molecule has 1 heterocycles. The number of nitrogens with one attached hydrogen (secondary N) is 1. The van der Waals surface area contributed by atoms with E-state index in [0.717, 1.165) is 9.87 Å². The van der Waals surface area contributed by atoms with Crippen LogP contribution < -0.4 is 5.32 Å². The molecule has 1 aliphatic heterocycles. The quantitative estimate of drug-likeness (QED) is 0.595. The van der Waals surface area contributed by atoms with Crippen LogP contribution in [0.25, 0.3) is 0 Å². The number of carbonyl (C=O) groups excluding carboxylic acids is 1. The molecular weight excluding hydrogens is 431 g/mol. The van der Waals surface area contributed by atoms with Crippen LogP contribution in [0.1, 0.15) is 27.7 Å². The predicted molar refractivity (Wildman–Crippen MR) is 114 cm³/mol. The molecular formula is C21H16Cl2N2O3S. The van der Waals surface area contributed by atoms with Gasteiger partial charge in [-0.05, 0) is 36.8 Å². The smallest absolute Gasteiger partial charge is 0.271 e. The van der Waals surface area contributed by atoms with E-state index < -0.39 is 22.1 Å². The van der Waals surface area contributed by atoms with Crippen molar-refractivity contribution in [2.24, 2.45) is 0 Å². The fourth-order valence-electron chi connectivity index (χ4n) is 3.25. The van der Waals surface area contributed by atoms with Crippen molar-refractivity contribution in [1.82, 2.24) is 4.31 Å². The van der Waals surface area contributed by atoms with Crippen molar-refractivity contribution in [1.29, 1.82) is 0 Å². The topological polar surface area (TPSA) is 66.5 Å². The monoisotopic (exact) mass is 446 g/mol. The lowest BCUT2D eigenvalue weighted by Crippen LogP contribution is -2.46. The van der Waals surface area contributed by atoms with Crippen molar-refractivity contribution < 1.29 is 13.2 Å². The number of hydrogen-bond donors (Lipinski definition) is 1. The van der Waals surface area contributed by atoms with Crippen LogP contribution in [-0.4, -0.2) is 18.6 Å². The fraction of sp³-hybridized carbons (Fsp3) is 0.0952. The maximum absolute atomic E-state index is 13.5. The van der Waals surface area contributed by atoms with Crippen LogP contribution in [0.3, 0.4) is 0 Å². The van der Waals surface area contributed by atoms with Gasteiger partial charge in [-0.2, -0.15) is 0 Å². The molecule has 0 radical (unpaired) electrons. The predicted octanol–water partition coefficient (Wildman–Crippen LogP) is 5.26. The number of anilines is 1. The van der Waals surface area contributed by atoms with Gasteiger partial charge in [-0.15, -0.1) is 0 Å². The number of halogens is 2. The Labute approximate surface area is 178 Å². The van der Waals surface area contributed by atoms with Gasteiger partial charge in [0, 0.05) is 5.02 Å². The number of sulfonamides is 1. The second-order valence-electron chi connectivity index (χ2n) is 6.69. The van der Waals surface area contributed by atoms with Gasteiger partial charge in [0.15, 0.2) is 0 Å². The molecule has 3 aromatic carbocycles. The summed E-state index contributed by atoms with van der Waals surface area (Å²) in [5, 5.41) is 3.60. The zero-order chi connectivity index (χ0) is 20.8. The Hall–Kier alpha value is -2.54. The molecule has 1 aliphatic rings. The van der Waals surface area contributed by atoms with Crippen molar-refractivity contribution in [2.75, 3.05) is 5.32 Å². The van der Waals surface area contributed by atoms with Gasteiger partial charge in [0.05, 0.1) is 21.2 Å². The molecule has 148 valence electrons. The van der Waals surface area contributed by atoms with Crippen molar-refractivity contribution in [3.8, 4) is 0 Å². The normalized spacial score (nSPS) is 16.3. The second kappa shape index (κ2) is 7.37. The van der Waals surface area contributed by atoms with Gasteiger partial charge in [-0.1, -0.05) is 71.2 Å². The van der Waals surface area contributed by atoms with Gasteiger partial charge in [-0.25, -0.2) is 12.7 Å². The second-order valence-corrected chi connectivity index (χ2v) is 9.35. The zero-order valence-corrected chi connectivity index (χ0v) is 17.6. The number of nitrogens with zero attached hydrogens (tertiary/aromatic N) is 1. The highest BCUT2D eigenvalue weighted by Crippen LogP contribution is 2.41. The van der Waals surface area contributed by atoms with Gasteiger partial charge in [0.1, 0.15) is 6.17 Å². The van der Waals surface area contributed by atoms with Crippen LogP contribution in [0.4, 0.5) is 5.69 Å². The first kappa shape index (κ1) is 19.8. The van der Waals surface area contributed by atoms with Crippen LogP contribution in [0, 0.1) is 6.92 Å². The molecule has 4 rings (SSSR count). The van der Waals surface area contributed by atoms with E-state index in [9.17, 15) is 13.2 Å². The third kappa shape index (κ3) is 3.48. The lowest BCUT2D eigenvalue weighted by atomic mass is 10.1. The van der Waals surface area contributed by atoms with Gasteiger partial charge < -0.3 is 5.32 Å². The molecule has 0 saturated carbocycles. The van der Waals surface area contributed by atoms with Crippen LogP contribution in [0.5, 0.6) is 0 Å². The number of carbonyl (C=O) groups is 1. The Kier molecular flexibility index (Phi) is 5.02. The Balaban J connectivity index is 1.93. The number of rotatable bonds is 3. The lowest BCUT2D eigenvalue weighted by Gasteiger charge is -2.37. The first-order valence-electron chi connectivity index (χ1n) is 8.75. The van der Waals surface area contributed by atoms with E-state index in [2.05, 4.69) is 5.32 Å². The summed E-state index contributed by atoms with van der Waals surface area (Å²) < 4.78 is 27.8. The van der Waals surface area contributed by atoms with Crippen LogP contribution in [0.2, 0.25) is 10.0 Å². The number of benzene rings is 3. The molecule has 5 nitrogen and oxygen atoms in total. The molecule has 8 heteroatoms. The highest BCUT2D eigenvalue weighted by molar-refractivity contribution is 7.89. The number of fused-ring (bicyclic) bond motifs is 1. The number of hydrogen-bond acceptors (Lipinski definition) is 4. The van der Waals surface area contributed by atoms with Crippen LogP contribution in [-0.2, 0) is 10.0 Å². The molecule has 29 heavy (non-hydrogen) atoms. The summed E-state index contributed by atoms with van der Waals surface area (Å²) in [5.41, 5.74) is 1.97. The van der Waals surface area contributed by atoms with E-state index in [0.29, 0.717) is 11.3 Å². The highest BCUT2D eigenvalue weighted by atomic mass is 35.5. The summed E-state index contributed by atoms with van der Waals surface area (Å²) in [6.07, 6.45) is -0.957. The zero-order valence-electron chi connectivity index (χ0n) is 15.3. The number of aryl methyl sites for hydroxylation is 1. The number of amides is 1. The van der Waals surface area contributed by atoms with Crippen LogP contribution in [0.15, 0.2) is 71.6 Å². The molecule has 0 spiro atoms. The van der Waals surface area contributed by atoms with E-state index in [1.807, 2.05) is 13.0 Å². The van der Waals surface area contributed by atoms with Gasteiger partial charge in [-0.3, -0.25) is 4.79 Å². The summed E-state index contributed by atoms with van der Waals surface area (Å²) in [5.74, 6) is -0.697. The minimum atomic E-state index is -4.16.